The molecule has 2 fully saturated rings. The zero-order valence-corrected chi connectivity index (χ0v) is 12.2. The van der Waals surface area contributed by atoms with E-state index in [1.807, 2.05) is 0 Å². The van der Waals surface area contributed by atoms with Gasteiger partial charge in [0.05, 0.1) is 23.3 Å². The second kappa shape index (κ2) is 6.11. The van der Waals surface area contributed by atoms with Crippen LogP contribution in [-0.2, 0) is 19.4 Å². The van der Waals surface area contributed by atoms with Gasteiger partial charge in [0, 0.05) is 6.04 Å². The van der Waals surface area contributed by atoms with Crippen molar-refractivity contribution < 1.29 is 23.1 Å². The van der Waals surface area contributed by atoms with Crippen LogP contribution < -0.4 is 5.32 Å². The lowest BCUT2D eigenvalue weighted by molar-refractivity contribution is -0.149. The second-order valence-electron chi connectivity index (χ2n) is 5.77. The van der Waals surface area contributed by atoms with Crippen molar-refractivity contribution in [1.29, 1.82) is 0 Å². The number of carbonyl (C=O) groups excluding carboxylic acids is 1. The summed E-state index contributed by atoms with van der Waals surface area (Å²) in [4.78, 5) is 23.4. The Labute approximate surface area is 118 Å². The van der Waals surface area contributed by atoms with Gasteiger partial charge in [-0.15, -0.1) is 0 Å². The molecule has 2 atom stereocenters. The Hall–Kier alpha value is -1.11. The van der Waals surface area contributed by atoms with Crippen LogP contribution in [0.4, 0.5) is 0 Å². The highest BCUT2D eigenvalue weighted by atomic mass is 32.2. The van der Waals surface area contributed by atoms with Crippen molar-refractivity contribution in [3.63, 3.8) is 0 Å². The van der Waals surface area contributed by atoms with Crippen LogP contribution in [-0.4, -0.2) is 42.9 Å². The minimum Gasteiger partial charge on any atom is -0.481 e. The van der Waals surface area contributed by atoms with E-state index in [0.717, 1.165) is 12.8 Å². The summed E-state index contributed by atoms with van der Waals surface area (Å²) < 4.78 is 22.7. The fourth-order valence-corrected chi connectivity index (χ4v) is 4.57. The molecule has 0 bridgehead atoms. The summed E-state index contributed by atoms with van der Waals surface area (Å²) in [6.45, 7) is 0. The van der Waals surface area contributed by atoms with E-state index in [-0.39, 0.29) is 23.5 Å². The first-order valence-corrected chi connectivity index (χ1v) is 8.95. The molecule has 1 aliphatic heterocycles. The molecule has 1 saturated heterocycles. The lowest BCUT2D eigenvalue weighted by Crippen LogP contribution is -2.46. The van der Waals surface area contributed by atoms with Crippen LogP contribution in [0.1, 0.15) is 38.5 Å². The zero-order chi connectivity index (χ0) is 14.8. The van der Waals surface area contributed by atoms with Gasteiger partial charge in [-0.1, -0.05) is 12.8 Å². The van der Waals surface area contributed by atoms with Gasteiger partial charge in [0.15, 0.2) is 0 Å². The molecule has 6 nitrogen and oxygen atoms in total. The third kappa shape index (κ3) is 3.71. The molecule has 20 heavy (non-hydrogen) atoms. The van der Waals surface area contributed by atoms with Gasteiger partial charge in [0.1, 0.15) is 9.84 Å². The highest BCUT2D eigenvalue weighted by Crippen LogP contribution is 2.30. The molecule has 0 aromatic carbocycles. The molecule has 0 radical (unpaired) electrons. The molecule has 114 valence electrons. The van der Waals surface area contributed by atoms with Crippen molar-refractivity contribution in [2.45, 2.75) is 44.6 Å². The standard InChI is InChI=1S/C13H21NO5S/c15-12(10-3-1-2-4-11(10)13(16)17)14-9-5-7-20(18,19)8-6-9/h9-11H,1-8H2,(H,14,15)(H,16,17)/t10-,11+/m1/s1. The molecule has 0 aromatic rings. The van der Waals surface area contributed by atoms with Gasteiger partial charge in [-0.25, -0.2) is 8.42 Å². The maximum absolute atomic E-state index is 12.2. The zero-order valence-electron chi connectivity index (χ0n) is 11.4. The van der Waals surface area contributed by atoms with E-state index in [1.54, 1.807) is 0 Å². The Bertz CT molecular complexity index is 473. The van der Waals surface area contributed by atoms with Crippen LogP contribution in [0.5, 0.6) is 0 Å². The maximum atomic E-state index is 12.2. The van der Waals surface area contributed by atoms with Crippen LogP contribution in [0.3, 0.4) is 0 Å². The van der Waals surface area contributed by atoms with Crippen molar-refractivity contribution in [2.24, 2.45) is 11.8 Å². The third-order valence-electron chi connectivity index (χ3n) is 4.32. The maximum Gasteiger partial charge on any atom is 0.307 e. The molecule has 0 spiro atoms. The van der Waals surface area contributed by atoms with Crippen molar-refractivity contribution in [3.8, 4) is 0 Å². The van der Waals surface area contributed by atoms with Crippen LogP contribution in [0.15, 0.2) is 0 Å². The number of amides is 1. The highest BCUT2D eigenvalue weighted by molar-refractivity contribution is 7.91. The quantitative estimate of drug-likeness (QED) is 0.794. The van der Waals surface area contributed by atoms with Crippen LogP contribution >= 0.6 is 0 Å². The lowest BCUT2D eigenvalue weighted by Gasteiger charge is -2.30. The highest BCUT2D eigenvalue weighted by Gasteiger charge is 2.36. The molecule has 1 heterocycles. The number of rotatable bonds is 3. The molecule has 7 heteroatoms. The Morgan fingerprint density at radius 3 is 2.05 bits per heavy atom. The molecular formula is C13H21NO5S. The van der Waals surface area contributed by atoms with Gasteiger partial charge in [-0.3, -0.25) is 9.59 Å². The van der Waals surface area contributed by atoms with Gasteiger partial charge in [0.25, 0.3) is 0 Å². The molecule has 2 rings (SSSR count). The summed E-state index contributed by atoms with van der Waals surface area (Å²) in [5.74, 6) is -2.00. The number of carbonyl (C=O) groups is 2. The van der Waals surface area contributed by atoms with E-state index in [1.165, 1.54) is 0 Å². The van der Waals surface area contributed by atoms with E-state index in [2.05, 4.69) is 5.32 Å². The first-order chi connectivity index (χ1) is 9.39. The number of hydrogen-bond donors (Lipinski definition) is 2. The number of sulfone groups is 1. The number of carboxylic acids is 1. The average Bonchev–Trinajstić information content (AvgIpc) is 2.41. The molecular weight excluding hydrogens is 282 g/mol. The van der Waals surface area contributed by atoms with Crippen molar-refractivity contribution in [2.75, 3.05) is 11.5 Å². The summed E-state index contributed by atoms with van der Waals surface area (Å²) in [5, 5.41) is 12.0. The largest absolute Gasteiger partial charge is 0.481 e. The Morgan fingerprint density at radius 1 is 0.950 bits per heavy atom. The molecule has 1 saturated carbocycles. The van der Waals surface area contributed by atoms with Crippen LogP contribution in [0, 0.1) is 11.8 Å². The van der Waals surface area contributed by atoms with Gasteiger partial charge < -0.3 is 10.4 Å². The van der Waals surface area contributed by atoms with Crippen LogP contribution in [0.2, 0.25) is 0 Å². The number of aliphatic carboxylic acids is 1. The first-order valence-electron chi connectivity index (χ1n) is 7.12. The fourth-order valence-electron chi connectivity index (χ4n) is 3.08. The van der Waals surface area contributed by atoms with Gasteiger partial charge in [-0.2, -0.15) is 0 Å². The molecule has 0 aromatic heterocycles. The third-order valence-corrected chi connectivity index (χ3v) is 6.04. The molecule has 0 unspecified atom stereocenters. The number of hydrogen-bond acceptors (Lipinski definition) is 4. The molecule has 1 amide bonds. The SMILES string of the molecule is O=C(O)[C@H]1CCCC[C@H]1C(=O)NC1CCS(=O)(=O)CC1. The fraction of sp³-hybridized carbons (Fsp3) is 0.846. The van der Waals surface area contributed by atoms with Crippen molar-refractivity contribution in [1.82, 2.24) is 5.32 Å². The first kappa shape index (κ1) is 15.3. The topological polar surface area (TPSA) is 101 Å². The Balaban J connectivity index is 1.92. The van der Waals surface area contributed by atoms with E-state index in [4.69, 9.17) is 0 Å². The van der Waals surface area contributed by atoms with E-state index < -0.39 is 27.6 Å². The van der Waals surface area contributed by atoms with E-state index >= 15 is 0 Å². The number of nitrogens with one attached hydrogen (secondary N) is 1. The van der Waals surface area contributed by atoms with Gasteiger partial charge >= 0.3 is 5.97 Å². The lowest BCUT2D eigenvalue weighted by atomic mass is 9.78. The number of carboxylic acid groups (broad SMARTS) is 1. The summed E-state index contributed by atoms with van der Waals surface area (Å²) in [7, 11) is -2.95. The smallest absolute Gasteiger partial charge is 0.307 e. The Morgan fingerprint density at radius 2 is 1.50 bits per heavy atom. The van der Waals surface area contributed by atoms with Crippen LogP contribution in [0.25, 0.3) is 0 Å². The summed E-state index contributed by atoms with van der Waals surface area (Å²) in [5.41, 5.74) is 0. The minimum absolute atomic E-state index is 0.102. The summed E-state index contributed by atoms with van der Waals surface area (Å²) in [6, 6.07) is -0.137. The van der Waals surface area contributed by atoms with Crippen molar-refractivity contribution >= 4 is 21.7 Å². The summed E-state index contributed by atoms with van der Waals surface area (Å²) >= 11 is 0. The molecule has 2 aliphatic rings. The predicted molar refractivity (Wildman–Crippen MR) is 72.9 cm³/mol. The average molecular weight is 303 g/mol. The van der Waals surface area contributed by atoms with E-state index in [0.29, 0.717) is 25.7 Å². The predicted octanol–water partition coefficient (Wildman–Crippen LogP) is 0.571. The minimum atomic E-state index is -2.95. The monoisotopic (exact) mass is 303 g/mol. The Kier molecular flexibility index (Phi) is 4.67. The normalized spacial score (nSPS) is 30.6. The summed E-state index contributed by atoms with van der Waals surface area (Å²) in [6.07, 6.45) is 3.74. The van der Waals surface area contributed by atoms with Gasteiger partial charge in [0.2, 0.25) is 5.91 Å². The van der Waals surface area contributed by atoms with Gasteiger partial charge in [-0.05, 0) is 25.7 Å². The second-order valence-corrected chi connectivity index (χ2v) is 8.07. The molecule has 2 N–H and O–H groups in total. The van der Waals surface area contributed by atoms with Crippen molar-refractivity contribution in [3.05, 3.63) is 0 Å². The van der Waals surface area contributed by atoms with E-state index in [9.17, 15) is 23.1 Å². The molecule has 1 aliphatic carbocycles.